The number of carbonyl (C=O) groups is 2. The van der Waals surface area contributed by atoms with Crippen molar-refractivity contribution in [3.63, 3.8) is 0 Å². The first-order chi connectivity index (χ1) is 20.3. The molecule has 1 amide bonds. The molecule has 2 aliphatic carbocycles. The number of carbonyl (C=O) groups excluding carboxylic acids is 2. The number of H-pyrrole nitrogens is 1. The summed E-state index contributed by atoms with van der Waals surface area (Å²) in [6, 6.07) is 7.25. The monoisotopic (exact) mass is 579 g/mol. The van der Waals surface area contributed by atoms with Gasteiger partial charge in [0.25, 0.3) is 0 Å². The zero-order chi connectivity index (χ0) is 29.3. The van der Waals surface area contributed by atoms with Gasteiger partial charge in [0.2, 0.25) is 5.88 Å². The lowest BCUT2D eigenvalue weighted by Crippen LogP contribution is -2.47. The van der Waals surface area contributed by atoms with Gasteiger partial charge in [-0.25, -0.2) is 4.79 Å². The Morgan fingerprint density at radius 1 is 1.24 bits per heavy atom. The van der Waals surface area contributed by atoms with E-state index < -0.39 is 11.7 Å². The Bertz CT molecular complexity index is 1420. The number of ketones is 1. The van der Waals surface area contributed by atoms with Gasteiger partial charge in [-0.1, -0.05) is 13.0 Å². The predicted octanol–water partition coefficient (Wildman–Crippen LogP) is 4.71. The van der Waals surface area contributed by atoms with E-state index in [9.17, 15) is 19.8 Å². The van der Waals surface area contributed by atoms with Crippen molar-refractivity contribution in [1.82, 2.24) is 15.2 Å². The van der Waals surface area contributed by atoms with Gasteiger partial charge >= 0.3 is 6.09 Å². The molecule has 10 nitrogen and oxygen atoms in total. The predicted molar refractivity (Wildman–Crippen MR) is 156 cm³/mol. The van der Waals surface area contributed by atoms with Crippen LogP contribution in [0.5, 0.6) is 11.6 Å². The molecule has 0 bridgehead atoms. The fourth-order valence-corrected chi connectivity index (χ4v) is 6.67. The summed E-state index contributed by atoms with van der Waals surface area (Å²) in [7, 11) is 0. The van der Waals surface area contributed by atoms with Crippen LogP contribution in [0.1, 0.15) is 80.0 Å². The molecule has 226 valence electrons. The van der Waals surface area contributed by atoms with Crippen molar-refractivity contribution in [3.8, 4) is 11.6 Å². The number of aromatic amines is 1. The summed E-state index contributed by atoms with van der Waals surface area (Å²) in [5, 5.41) is 24.8. The molecule has 0 radical (unpaired) electrons. The van der Waals surface area contributed by atoms with E-state index in [2.05, 4.69) is 22.1 Å². The van der Waals surface area contributed by atoms with E-state index in [1.807, 2.05) is 18.2 Å². The van der Waals surface area contributed by atoms with Crippen molar-refractivity contribution >= 4 is 22.8 Å². The second kappa shape index (κ2) is 12.1. The number of nitrogens with one attached hydrogen (secondary N) is 2. The first-order valence-electron chi connectivity index (χ1n) is 15.2. The Morgan fingerprint density at radius 2 is 2.07 bits per heavy atom. The molecule has 1 aromatic carbocycles. The average Bonchev–Trinajstić information content (AvgIpc) is 3.58. The number of ether oxygens (including phenoxy) is 2. The highest BCUT2D eigenvalue weighted by molar-refractivity contribution is 5.99. The normalized spacial score (nSPS) is 26.6. The number of aryl methyl sites for hydroxylation is 1. The van der Waals surface area contributed by atoms with Crippen molar-refractivity contribution in [2.24, 2.45) is 5.92 Å². The van der Waals surface area contributed by atoms with Gasteiger partial charge in [0.05, 0.1) is 29.0 Å². The first kappa shape index (κ1) is 28.8. The fourth-order valence-electron chi connectivity index (χ4n) is 6.67. The van der Waals surface area contributed by atoms with Crippen LogP contribution >= 0.6 is 0 Å². The second-order valence-corrected chi connectivity index (χ2v) is 12.4. The van der Waals surface area contributed by atoms with Crippen LogP contribution in [0.4, 0.5) is 4.79 Å². The van der Waals surface area contributed by atoms with Gasteiger partial charge < -0.3 is 39.3 Å². The number of furan rings is 1. The minimum absolute atomic E-state index is 0.0604. The first-order valence-corrected chi connectivity index (χ1v) is 15.2. The highest BCUT2D eigenvalue weighted by Crippen LogP contribution is 2.34. The van der Waals surface area contributed by atoms with E-state index in [4.69, 9.17) is 13.9 Å². The Morgan fingerprint density at radius 3 is 2.88 bits per heavy atom. The third kappa shape index (κ3) is 6.35. The number of nitrogens with zero attached hydrogens (tertiary/aromatic N) is 1. The molecule has 3 aromatic rings. The van der Waals surface area contributed by atoms with Gasteiger partial charge in [0.1, 0.15) is 18.1 Å². The van der Waals surface area contributed by atoms with Crippen molar-refractivity contribution < 1.29 is 33.7 Å². The molecule has 2 atom stereocenters. The zero-order valence-corrected chi connectivity index (χ0v) is 24.2. The number of aromatic nitrogens is 1. The minimum Gasteiger partial charge on any atom is -0.488 e. The number of fused-ring (bicyclic) bond motifs is 2. The number of aliphatic hydroxyl groups excluding tert-OH is 1. The van der Waals surface area contributed by atoms with Crippen molar-refractivity contribution in [2.75, 3.05) is 19.6 Å². The summed E-state index contributed by atoms with van der Waals surface area (Å²) < 4.78 is 17.3. The summed E-state index contributed by atoms with van der Waals surface area (Å²) in [6.07, 6.45) is 7.07. The Kier molecular flexibility index (Phi) is 8.29. The summed E-state index contributed by atoms with van der Waals surface area (Å²) in [6.45, 7) is 4.83. The molecule has 6 rings (SSSR count). The third-order valence-corrected chi connectivity index (χ3v) is 9.29. The van der Waals surface area contributed by atoms with Crippen molar-refractivity contribution in [3.05, 3.63) is 47.4 Å². The zero-order valence-electron chi connectivity index (χ0n) is 24.2. The van der Waals surface area contributed by atoms with Crippen LogP contribution in [0.2, 0.25) is 0 Å². The van der Waals surface area contributed by atoms with Gasteiger partial charge in [-0.15, -0.1) is 0 Å². The largest absolute Gasteiger partial charge is 0.488 e. The molecule has 1 saturated heterocycles. The number of rotatable bonds is 8. The molecule has 2 aromatic heterocycles. The Balaban J connectivity index is 0.993. The molecule has 1 saturated carbocycles. The van der Waals surface area contributed by atoms with Gasteiger partial charge in [-0.3, -0.25) is 4.79 Å². The topological polar surface area (TPSA) is 137 Å². The van der Waals surface area contributed by atoms with Gasteiger partial charge in [0, 0.05) is 55.5 Å². The molecule has 0 spiro atoms. The Hall–Kier alpha value is -3.34. The molecule has 3 aliphatic rings. The van der Waals surface area contributed by atoms with E-state index in [1.165, 1.54) is 0 Å². The van der Waals surface area contributed by atoms with Crippen LogP contribution in [0.25, 0.3) is 10.9 Å². The summed E-state index contributed by atoms with van der Waals surface area (Å²) in [5.41, 5.74) is 1.44. The highest BCUT2D eigenvalue weighted by Gasteiger charge is 2.35. The number of likely N-dealkylation sites (tertiary alicyclic amines) is 1. The van der Waals surface area contributed by atoms with Crippen LogP contribution in [0.15, 0.2) is 34.9 Å². The summed E-state index contributed by atoms with van der Waals surface area (Å²) in [5.74, 6) is 2.01. The molecule has 4 N–H and O–H groups in total. The molecule has 1 aliphatic heterocycles. The lowest BCUT2D eigenvalue weighted by atomic mass is 9.80. The number of hydrogen-bond donors (Lipinski definition) is 4. The third-order valence-electron chi connectivity index (χ3n) is 9.29. The number of amides is 1. The number of aliphatic hydroxyl groups is 2. The molecule has 10 heteroatoms. The molecule has 0 unspecified atom stereocenters. The second-order valence-electron chi connectivity index (χ2n) is 12.4. The summed E-state index contributed by atoms with van der Waals surface area (Å²) in [4.78, 5) is 30.6. The average molecular weight is 580 g/mol. The number of benzene rings is 1. The number of hydrogen-bond acceptors (Lipinski definition) is 8. The smallest absolute Gasteiger partial charge is 0.414 e. The van der Waals surface area contributed by atoms with Gasteiger partial charge in [-0.2, -0.15) is 0 Å². The number of Topliss-reactive ketones (excluding diaryl/α,β-unsaturated/α-hetero) is 1. The molecular formula is C32H41N3O7. The molecule has 3 heterocycles. The fraction of sp³-hybridized carbons (Fsp3) is 0.562. The minimum atomic E-state index is -0.724. The van der Waals surface area contributed by atoms with Crippen LogP contribution in [-0.4, -0.2) is 69.4 Å². The SMILES string of the molecule is C[C@H]1CN(CCC2(O)CCC(NC(=O)Oc3cc4c(OCc5coc6c5C(=O)CCC6)cccc4[nH]3)CC2)CC[C@@H]1O. The number of piperidine rings is 1. The quantitative estimate of drug-likeness (QED) is 0.301. The van der Waals surface area contributed by atoms with Crippen LogP contribution in [0.3, 0.4) is 0 Å². The molecule has 2 fully saturated rings. The van der Waals surface area contributed by atoms with Gasteiger partial charge in [0.15, 0.2) is 5.78 Å². The van der Waals surface area contributed by atoms with Gasteiger partial charge in [-0.05, 0) is 63.0 Å². The van der Waals surface area contributed by atoms with E-state index in [0.29, 0.717) is 55.7 Å². The van der Waals surface area contributed by atoms with E-state index in [1.54, 1.807) is 12.3 Å². The lowest BCUT2D eigenvalue weighted by molar-refractivity contribution is -0.0271. The van der Waals surface area contributed by atoms with E-state index in [0.717, 1.165) is 61.1 Å². The lowest BCUT2D eigenvalue weighted by Gasteiger charge is -2.39. The highest BCUT2D eigenvalue weighted by atomic mass is 16.6. The molecule has 42 heavy (non-hydrogen) atoms. The van der Waals surface area contributed by atoms with Crippen LogP contribution < -0.4 is 14.8 Å². The standard InChI is InChI=1S/C32H41N3O7/c1-20-17-35(14-10-25(20)36)15-13-32(39)11-8-22(9-12-32)33-31(38)42-29-16-23-24(34-29)4-2-6-27(23)40-18-21-19-41-28-7-3-5-26(37)30(21)28/h2,4,6,16,19-20,22,25,34,36,39H,3,5,7-15,17-18H2,1H3,(H,33,38)/t20-,22?,25-,32?/m0/s1. The maximum absolute atomic E-state index is 12.7. The van der Waals surface area contributed by atoms with Crippen molar-refractivity contribution in [2.45, 2.75) is 89.1 Å². The van der Waals surface area contributed by atoms with E-state index in [-0.39, 0.29) is 30.5 Å². The van der Waals surface area contributed by atoms with Crippen molar-refractivity contribution in [1.29, 1.82) is 0 Å². The Labute approximate surface area is 245 Å². The maximum atomic E-state index is 12.7. The maximum Gasteiger partial charge on any atom is 0.414 e. The van der Waals surface area contributed by atoms with E-state index >= 15 is 0 Å². The molecular weight excluding hydrogens is 538 g/mol. The van der Waals surface area contributed by atoms with Crippen LogP contribution in [0, 0.1) is 5.92 Å². The van der Waals surface area contributed by atoms with Crippen LogP contribution in [-0.2, 0) is 13.0 Å². The summed E-state index contributed by atoms with van der Waals surface area (Å²) >= 11 is 0.